The van der Waals surface area contributed by atoms with Gasteiger partial charge in [-0.1, -0.05) is 0 Å². The highest BCUT2D eigenvalue weighted by Crippen LogP contribution is 2.14. The lowest BCUT2D eigenvalue weighted by Crippen LogP contribution is -2.47. The topological polar surface area (TPSA) is 50.2 Å². The number of nitrogens with zero attached hydrogens (tertiary/aromatic N) is 3. The van der Waals surface area contributed by atoms with Gasteiger partial charge in [0.25, 0.3) is 5.91 Å². The van der Waals surface area contributed by atoms with E-state index in [0.29, 0.717) is 18.3 Å². The Hall–Kier alpha value is -1.92. The van der Waals surface area contributed by atoms with E-state index in [1.165, 1.54) is 12.1 Å². The van der Waals surface area contributed by atoms with Crippen LogP contribution in [0.1, 0.15) is 23.3 Å². The van der Waals surface area contributed by atoms with Crippen molar-refractivity contribution in [2.24, 2.45) is 0 Å². The van der Waals surface area contributed by atoms with Crippen molar-refractivity contribution in [3.63, 3.8) is 0 Å². The third-order valence-corrected chi connectivity index (χ3v) is 4.02. The van der Waals surface area contributed by atoms with Gasteiger partial charge >= 0.3 is 0 Å². The minimum absolute atomic E-state index is 0. The molecule has 0 bridgehead atoms. The van der Waals surface area contributed by atoms with Crippen molar-refractivity contribution >= 4 is 18.3 Å². The smallest absolute Gasteiger partial charge is 0.274 e. The fourth-order valence-electron chi connectivity index (χ4n) is 2.73. The summed E-state index contributed by atoms with van der Waals surface area (Å²) in [5.74, 6) is -0.348. The van der Waals surface area contributed by atoms with Gasteiger partial charge in [-0.2, -0.15) is 5.10 Å². The molecule has 23 heavy (non-hydrogen) atoms. The Morgan fingerprint density at radius 2 is 2.04 bits per heavy atom. The predicted octanol–water partition coefficient (Wildman–Crippen LogP) is 2.26. The molecule has 5 nitrogen and oxygen atoms in total. The van der Waals surface area contributed by atoms with Crippen LogP contribution >= 0.6 is 12.4 Å². The molecule has 2 aromatic rings. The van der Waals surface area contributed by atoms with Gasteiger partial charge in [0, 0.05) is 25.3 Å². The largest absolute Gasteiger partial charge is 0.336 e. The lowest BCUT2D eigenvalue weighted by Gasteiger charge is -2.32. The number of benzene rings is 1. The van der Waals surface area contributed by atoms with E-state index in [1.54, 1.807) is 29.1 Å². The van der Waals surface area contributed by atoms with Crippen LogP contribution in [0.4, 0.5) is 4.39 Å². The molecule has 1 fully saturated rings. The number of aromatic nitrogens is 2. The Labute approximate surface area is 140 Å². The van der Waals surface area contributed by atoms with Gasteiger partial charge in [-0.25, -0.2) is 9.07 Å². The van der Waals surface area contributed by atoms with E-state index >= 15 is 0 Å². The second-order valence-corrected chi connectivity index (χ2v) is 5.50. The average molecular weight is 339 g/mol. The van der Waals surface area contributed by atoms with E-state index in [1.807, 2.05) is 11.9 Å². The third-order valence-electron chi connectivity index (χ3n) is 4.02. The van der Waals surface area contributed by atoms with Crippen LogP contribution in [0, 0.1) is 5.82 Å². The highest BCUT2D eigenvalue weighted by atomic mass is 35.5. The van der Waals surface area contributed by atoms with E-state index < -0.39 is 0 Å². The third kappa shape index (κ3) is 3.89. The number of carbonyl (C=O) groups is 1. The van der Waals surface area contributed by atoms with Gasteiger partial charge < -0.3 is 10.2 Å². The summed E-state index contributed by atoms with van der Waals surface area (Å²) in [5, 5.41) is 7.54. The Bertz CT molecular complexity index is 658. The molecule has 7 heteroatoms. The van der Waals surface area contributed by atoms with Gasteiger partial charge in [0.2, 0.25) is 0 Å². The summed E-state index contributed by atoms with van der Waals surface area (Å²) in [4.78, 5) is 14.4. The summed E-state index contributed by atoms with van der Waals surface area (Å²) in [6.07, 6.45) is 3.81. The minimum atomic E-state index is -0.293. The van der Waals surface area contributed by atoms with Gasteiger partial charge in [-0.3, -0.25) is 4.79 Å². The maximum absolute atomic E-state index is 13.0. The maximum atomic E-state index is 13.0. The molecule has 0 aliphatic carbocycles. The molecule has 1 aliphatic rings. The molecule has 0 spiro atoms. The number of likely N-dealkylation sites (N-methyl/N-ethyl adjacent to an activating group) is 1. The molecule has 1 aromatic carbocycles. The molecule has 1 saturated heterocycles. The van der Waals surface area contributed by atoms with E-state index in [4.69, 9.17) is 0 Å². The van der Waals surface area contributed by atoms with Gasteiger partial charge in [0.1, 0.15) is 5.82 Å². The fourth-order valence-corrected chi connectivity index (χ4v) is 2.73. The fraction of sp³-hybridized carbons (Fsp3) is 0.375. The van der Waals surface area contributed by atoms with Crippen molar-refractivity contribution < 1.29 is 9.18 Å². The zero-order valence-corrected chi connectivity index (χ0v) is 13.7. The Morgan fingerprint density at radius 1 is 1.30 bits per heavy atom. The first kappa shape index (κ1) is 17.4. The summed E-state index contributed by atoms with van der Waals surface area (Å²) in [6.45, 7) is 1.47. The second-order valence-electron chi connectivity index (χ2n) is 5.50. The molecule has 3 rings (SSSR count). The van der Waals surface area contributed by atoms with E-state index in [-0.39, 0.29) is 24.1 Å². The van der Waals surface area contributed by atoms with Crippen molar-refractivity contribution in [3.05, 3.63) is 48.0 Å². The lowest BCUT2D eigenvalue weighted by atomic mass is 10.1. The van der Waals surface area contributed by atoms with Crippen molar-refractivity contribution in [1.29, 1.82) is 0 Å². The van der Waals surface area contributed by atoms with Crippen LogP contribution in [0.15, 0.2) is 36.5 Å². The number of amides is 1. The van der Waals surface area contributed by atoms with Crippen molar-refractivity contribution in [3.8, 4) is 5.69 Å². The van der Waals surface area contributed by atoms with Crippen LogP contribution in [0.3, 0.4) is 0 Å². The molecule has 1 aliphatic heterocycles. The zero-order valence-electron chi connectivity index (χ0n) is 12.9. The molecule has 1 amide bonds. The first-order chi connectivity index (χ1) is 10.7. The number of likely N-dealkylation sites (tertiary alicyclic amines) is 1. The number of hydrogen-bond donors (Lipinski definition) is 1. The Balaban J connectivity index is 0.00000192. The highest BCUT2D eigenvalue weighted by Gasteiger charge is 2.24. The number of halogens is 2. The second kappa shape index (κ2) is 7.57. The normalized spacial score (nSPS) is 17.7. The number of carbonyl (C=O) groups excluding carboxylic acids is 1. The monoisotopic (exact) mass is 338 g/mol. The van der Waals surface area contributed by atoms with Gasteiger partial charge in [-0.15, -0.1) is 12.4 Å². The van der Waals surface area contributed by atoms with Crippen LogP contribution in [0.5, 0.6) is 0 Å². The Morgan fingerprint density at radius 3 is 2.74 bits per heavy atom. The summed E-state index contributed by atoms with van der Waals surface area (Å²) in [5.41, 5.74) is 1.15. The maximum Gasteiger partial charge on any atom is 0.274 e. The van der Waals surface area contributed by atoms with E-state index in [0.717, 1.165) is 25.1 Å². The van der Waals surface area contributed by atoms with Crippen LogP contribution in [0.2, 0.25) is 0 Å². The SMILES string of the molecule is CNC1CCCN(C(=O)c2ccn(-c3ccc(F)cc3)n2)C1.Cl. The van der Waals surface area contributed by atoms with Gasteiger partial charge in [0.15, 0.2) is 5.69 Å². The molecule has 1 N–H and O–H groups in total. The quantitative estimate of drug-likeness (QED) is 0.934. The number of rotatable bonds is 3. The molecule has 0 saturated carbocycles. The van der Waals surface area contributed by atoms with Gasteiger partial charge in [0.05, 0.1) is 5.69 Å². The molecule has 1 unspecified atom stereocenters. The molecular weight excluding hydrogens is 319 g/mol. The van der Waals surface area contributed by atoms with Crippen LogP contribution < -0.4 is 5.32 Å². The Kier molecular flexibility index (Phi) is 5.74. The summed E-state index contributed by atoms with van der Waals surface area (Å²) in [6, 6.07) is 8.07. The summed E-state index contributed by atoms with van der Waals surface area (Å²) < 4.78 is 14.5. The molecule has 0 radical (unpaired) electrons. The van der Waals surface area contributed by atoms with Crippen LogP contribution in [-0.2, 0) is 0 Å². The standard InChI is InChI=1S/C16H19FN4O.ClH/c1-18-13-3-2-9-20(11-13)16(22)15-8-10-21(19-15)14-6-4-12(17)5-7-14;/h4-8,10,13,18H,2-3,9,11H2,1H3;1H. The summed E-state index contributed by atoms with van der Waals surface area (Å²) >= 11 is 0. The molecular formula is C16H20ClFN4O. The summed E-state index contributed by atoms with van der Waals surface area (Å²) in [7, 11) is 1.92. The number of nitrogens with one attached hydrogen (secondary N) is 1. The molecule has 1 aromatic heterocycles. The first-order valence-electron chi connectivity index (χ1n) is 7.45. The first-order valence-corrected chi connectivity index (χ1v) is 7.45. The predicted molar refractivity (Wildman–Crippen MR) is 88.8 cm³/mol. The molecule has 124 valence electrons. The van der Waals surface area contributed by atoms with Crippen LogP contribution in [-0.4, -0.2) is 46.8 Å². The zero-order chi connectivity index (χ0) is 15.5. The van der Waals surface area contributed by atoms with Crippen molar-refractivity contribution in [2.75, 3.05) is 20.1 Å². The van der Waals surface area contributed by atoms with Crippen LogP contribution in [0.25, 0.3) is 5.69 Å². The van der Waals surface area contributed by atoms with Gasteiger partial charge in [-0.05, 0) is 50.2 Å². The van der Waals surface area contributed by atoms with Crippen molar-refractivity contribution in [2.45, 2.75) is 18.9 Å². The number of piperidine rings is 1. The molecule has 2 heterocycles. The molecule has 1 atom stereocenters. The van der Waals surface area contributed by atoms with E-state index in [2.05, 4.69) is 10.4 Å². The minimum Gasteiger partial charge on any atom is -0.336 e. The number of hydrogen-bond acceptors (Lipinski definition) is 3. The van der Waals surface area contributed by atoms with Crippen molar-refractivity contribution in [1.82, 2.24) is 20.0 Å². The van der Waals surface area contributed by atoms with E-state index in [9.17, 15) is 9.18 Å². The average Bonchev–Trinajstić information content (AvgIpc) is 3.05. The lowest BCUT2D eigenvalue weighted by molar-refractivity contribution is 0.0691. The highest BCUT2D eigenvalue weighted by molar-refractivity contribution is 5.92.